The van der Waals surface area contributed by atoms with Crippen LogP contribution in [0.25, 0.3) is 0 Å². The highest BCUT2D eigenvalue weighted by molar-refractivity contribution is 4.98. The van der Waals surface area contributed by atoms with Gasteiger partial charge in [-0.2, -0.15) is 0 Å². The molecule has 2 nitrogen and oxygen atoms in total. The zero-order valence-electron chi connectivity index (χ0n) is 13.4. The van der Waals surface area contributed by atoms with Crippen LogP contribution in [-0.4, -0.2) is 49.1 Å². The van der Waals surface area contributed by atoms with Crippen molar-refractivity contribution in [1.29, 1.82) is 0 Å². The molecule has 0 amide bonds. The number of hydrogen-bond acceptors (Lipinski definition) is 2. The lowest BCUT2D eigenvalue weighted by molar-refractivity contribution is 0.00820. The number of likely N-dealkylation sites (tertiary alicyclic amines) is 1. The molecule has 2 unspecified atom stereocenters. The van der Waals surface area contributed by atoms with Crippen LogP contribution in [0.4, 0.5) is 0 Å². The SMILES string of the molecule is CN1CC2(C)CCC1C2.CN1CC2(C)CCC1CC2. The Labute approximate surface area is 119 Å². The third-order valence-electron chi connectivity index (χ3n) is 6.48. The summed E-state index contributed by atoms with van der Waals surface area (Å²) in [6.07, 6.45) is 10.2. The van der Waals surface area contributed by atoms with E-state index >= 15 is 0 Å². The third kappa shape index (κ3) is 2.71. The van der Waals surface area contributed by atoms with E-state index < -0.39 is 0 Å². The Kier molecular flexibility index (Phi) is 3.46. The van der Waals surface area contributed by atoms with Crippen molar-refractivity contribution >= 4 is 0 Å². The van der Waals surface area contributed by atoms with E-state index in [-0.39, 0.29) is 0 Å². The van der Waals surface area contributed by atoms with Crippen molar-refractivity contribution in [3.8, 4) is 0 Å². The van der Waals surface area contributed by atoms with E-state index in [4.69, 9.17) is 0 Å². The lowest BCUT2D eigenvalue weighted by Crippen LogP contribution is -2.50. The molecule has 5 fully saturated rings. The summed E-state index contributed by atoms with van der Waals surface area (Å²) < 4.78 is 0. The first-order valence-corrected chi connectivity index (χ1v) is 8.30. The molecule has 3 heterocycles. The Morgan fingerprint density at radius 2 is 1.21 bits per heavy atom. The second-order valence-electron chi connectivity index (χ2n) is 8.58. The molecule has 3 saturated heterocycles. The smallest absolute Gasteiger partial charge is 0.00983 e. The number of hydrogen-bond donors (Lipinski definition) is 0. The maximum atomic E-state index is 2.55. The molecular weight excluding hydrogens is 232 g/mol. The van der Waals surface area contributed by atoms with Crippen molar-refractivity contribution in [1.82, 2.24) is 9.80 Å². The molecule has 5 aliphatic rings. The summed E-state index contributed by atoms with van der Waals surface area (Å²) >= 11 is 0. The summed E-state index contributed by atoms with van der Waals surface area (Å²) in [5.74, 6) is 0. The second-order valence-corrected chi connectivity index (χ2v) is 8.58. The van der Waals surface area contributed by atoms with Crippen molar-refractivity contribution < 1.29 is 0 Å². The molecule has 2 saturated carbocycles. The van der Waals surface area contributed by atoms with Crippen LogP contribution in [0.3, 0.4) is 0 Å². The lowest BCUT2D eigenvalue weighted by atomic mass is 9.69. The summed E-state index contributed by atoms with van der Waals surface area (Å²) in [6, 6.07) is 1.87. The largest absolute Gasteiger partial charge is 0.303 e. The standard InChI is InChI=1S/C9H17N.C8H15N/c1-9-5-3-8(4-6-9)10(2)7-9;1-8-4-3-7(5-8)9(2)6-8/h8H,3-7H2,1-2H3;7H,3-6H2,1-2H3. The van der Waals surface area contributed by atoms with Crippen LogP contribution >= 0.6 is 0 Å². The van der Waals surface area contributed by atoms with Gasteiger partial charge in [0.15, 0.2) is 0 Å². The topological polar surface area (TPSA) is 6.48 Å². The molecule has 2 heteroatoms. The first-order chi connectivity index (χ1) is 8.89. The van der Waals surface area contributed by atoms with Gasteiger partial charge >= 0.3 is 0 Å². The molecule has 19 heavy (non-hydrogen) atoms. The van der Waals surface area contributed by atoms with Gasteiger partial charge in [-0.3, -0.25) is 0 Å². The monoisotopic (exact) mass is 264 g/mol. The molecular formula is C17H32N2. The van der Waals surface area contributed by atoms with E-state index in [1.165, 1.54) is 58.0 Å². The minimum absolute atomic E-state index is 0.684. The summed E-state index contributed by atoms with van der Waals surface area (Å²) in [5.41, 5.74) is 1.39. The predicted molar refractivity (Wildman–Crippen MR) is 81.4 cm³/mol. The van der Waals surface area contributed by atoms with Crippen LogP contribution in [0.15, 0.2) is 0 Å². The molecule has 5 rings (SSSR count). The number of piperidine rings is 3. The normalized spacial score (nSPS) is 49.3. The molecule has 0 spiro atoms. The van der Waals surface area contributed by atoms with Crippen LogP contribution in [0, 0.1) is 10.8 Å². The molecule has 0 aromatic carbocycles. The third-order valence-corrected chi connectivity index (χ3v) is 6.48. The first-order valence-electron chi connectivity index (χ1n) is 8.30. The van der Waals surface area contributed by atoms with Crippen LogP contribution in [0.1, 0.15) is 58.8 Å². The van der Waals surface area contributed by atoms with Crippen molar-refractivity contribution in [2.24, 2.45) is 10.8 Å². The van der Waals surface area contributed by atoms with Gasteiger partial charge in [-0.25, -0.2) is 0 Å². The van der Waals surface area contributed by atoms with E-state index in [1.54, 1.807) is 0 Å². The van der Waals surface area contributed by atoms with Gasteiger partial charge in [0.1, 0.15) is 0 Å². The minimum atomic E-state index is 0.684. The number of nitrogens with zero attached hydrogens (tertiary/aromatic N) is 2. The fourth-order valence-corrected chi connectivity index (χ4v) is 5.17. The average molecular weight is 264 g/mol. The highest BCUT2D eigenvalue weighted by Crippen LogP contribution is 2.46. The molecule has 3 aliphatic heterocycles. The van der Waals surface area contributed by atoms with Gasteiger partial charge in [0.2, 0.25) is 0 Å². The van der Waals surface area contributed by atoms with Gasteiger partial charge in [-0.1, -0.05) is 13.8 Å². The van der Waals surface area contributed by atoms with E-state index in [0.717, 1.165) is 12.1 Å². The summed E-state index contributed by atoms with van der Waals surface area (Å²) in [5, 5.41) is 0. The van der Waals surface area contributed by atoms with E-state index in [9.17, 15) is 0 Å². The maximum Gasteiger partial charge on any atom is 0.00983 e. The summed E-state index contributed by atoms with van der Waals surface area (Å²) in [4.78, 5) is 5.07. The molecule has 2 atom stereocenters. The number of rotatable bonds is 0. The van der Waals surface area contributed by atoms with Gasteiger partial charge in [-0.15, -0.1) is 0 Å². The van der Waals surface area contributed by atoms with Crippen LogP contribution in [0.2, 0.25) is 0 Å². The molecule has 4 bridgehead atoms. The van der Waals surface area contributed by atoms with E-state index in [0.29, 0.717) is 10.8 Å². The second kappa shape index (κ2) is 4.73. The molecule has 0 N–H and O–H groups in total. The van der Waals surface area contributed by atoms with Crippen LogP contribution in [-0.2, 0) is 0 Å². The summed E-state index contributed by atoms with van der Waals surface area (Å²) in [6.45, 7) is 7.56. The fourth-order valence-electron chi connectivity index (χ4n) is 5.17. The molecule has 0 aromatic rings. The number of fused-ring (bicyclic) bond motifs is 5. The van der Waals surface area contributed by atoms with E-state index in [2.05, 4.69) is 37.7 Å². The Morgan fingerprint density at radius 3 is 1.47 bits per heavy atom. The van der Waals surface area contributed by atoms with Crippen molar-refractivity contribution in [3.05, 3.63) is 0 Å². The molecule has 110 valence electrons. The van der Waals surface area contributed by atoms with Crippen molar-refractivity contribution in [3.63, 3.8) is 0 Å². The zero-order valence-corrected chi connectivity index (χ0v) is 13.4. The van der Waals surface area contributed by atoms with Gasteiger partial charge in [0, 0.05) is 25.2 Å². The predicted octanol–water partition coefficient (Wildman–Crippen LogP) is 3.37. The zero-order chi connectivity index (χ0) is 13.7. The Balaban J connectivity index is 0.000000117. The molecule has 0 radical (unpaired) electrons. The van der Waals surface area contributed by atoms with Crippen molar-refractivity contribution in [2.75, 3.05) is 27.2 Å². The fraction of sp³-hybridized carbons (Fsp3) is 1.00. The summed E-state index contributed by atoms with van der Waals surface area (Å²) in [7, 11) is 4.54. The Morgan fingerprint density at radius 1 is 0.737 bits per heavy atom. The Bertz CT molecular complexity index is 328. The van der Waals surface area contributed by atoms with Gasteiger partial charge in [0.05, 0.1) is 0 Å². The Hall–Kier alpha value is -0.0800. The first kappa shape index (κ1) is 13.9. The highest BCUT2D eigenvalue weighted by atomic mass is 15.2. The van der Waals surface area contributed by atoms with Gasteiger partial charge < -0.3 is 9.80 Å². The molecule has 0 aromatic heterocycles. The minimum Gasteiger partial charge on any atom is -0.303 e. The van der Waals surface area contributed by atoms with Gasteiger partial charge in [0.25, 0.3) is 0 Å². The maximum absolute atomic E-state index is 2.55. The quantitative estimate of drug-likeness (QED) is 0.662. The van der Waals surface area contributed by atoms with Crippen LogP contribution in [0.5, 0.6) is 0 Å². The van der Waals surface area contributed by atoms with E-state index in [1.807, 2.05) is 0 Å². The highest BCUT2D eigenvalue weighted by Gasteiger charge is 2.44. The average Bonchev–Trinajstić information content (AvgIpc) is 2.84. The van der Waals surface area contributed by atoms with Crippen LogP contribution < -0.4 is 0 Å². The lowest BCUT2D eigenvalue weighted by Gasteiger charge is -2.50. The van der Waals surface area contributed by atoms with Crippen molar-refractivity contribution in [2.45, 2.75) is 70.9 Å². The van der Waals surface area contributed by atoms with Gasteiger partial charge in [-0.05, 0) is 69.9 Å². The molecule has 2 aliphatic carbocycles.